The van der Waals surface area contributed by atoms with Crippen molar-refractivity contribution in [2.45, 2.75) is 19.3 Å². The van der Waals surface area contributed by atoms with Gasteiger partial charge in [-0.15, -0.1) is 0 Å². The standard InChI is InChI=1S/C45H30N2O3/c1-45(2)32-13-5-3-11-29(32)30-23-21-27(25-33(30)45)46(36-15-9-18-39-43(36)31-12-4-7-16-37(31)48-39)28-22-24-35-42(26-28)50-41-20-10-19-40-44(41)47(35)34-14-6-8-17-38(34)49-40/h3-26H,1-2H3. The molecule has 0 saturated carbocycles. The monoisotopic (exact) mass is 646 g/mol. The highest BCUT2D eigenvalue weighted by atomic mass is 16.5. The van der Waals surface area contributed by atoms with Crippen LogP contribution >= 0.6 is 0 Å². The molecule has 0 unspecified atom stereocenters. The van der Waals surface area contributed by atoms with Gasteiger partial charge < -0.3 is 18.8 Å². The molecule has 1 aromatic heterocycles. The summed E-state index contributed by atoms with van der Waals surface area (Å²) < 4.78 is 19.5. The number of ether oxygens (including phenoxy) is 2. The number of rotatable bonds is 3. The molecule has 1 aliphatic carbocycles. The van der Waals surface area contributed by atoms with Crippen LogP contribution in [-0.4, -0.2) is 0 Å². The molecule has 3 heterocycles. The second-order valence-electron chi connectivity index (χ2n) is 13.7. The normalized spacial score (nSPS) is 14.2. The lowest BCUT2D eigenvalue weighted by Gasteiger charge is -2.38. The quantitative estimate of drug-likeness (QED) is 0.191. The molecular formula is C45H30N2O3. The highest BCUT2D eigenvalue weighted by molar-refractivity contribution is 6.13. The van der Waals surface area contributed by atoms with Crippen LogP contribution in [0.3, 0.4) is 0 Å². The van der Waals surface area contributed by atoms with Gasteiger partial charge in [0, 0.05) is 22.6 Å². The second-order valence-corrected chi connectivity index (χ2v) is 13.7. The van der Waals surface area contributed by atoms with Gasteiger partial charge in [0.15, 0.2) is 23.0 Å². The smallest absolute Gasteiger partial charge is 0.155 e. The van der Waals surface area contributed by atoms with Gasteiger partial charge >= 0.3 is 0 Å². The van der Waals surface area contributed by atoms with Crippen molar-refractivity contribution in [2.75, 3.05) is 9.80 Å². The molecule has 11 rings (SSSR count). The second kappa shape index (κ2) is 9.80. The van der Waals surface area contributed by atoms with E-state index in [2.05, 4.69) is 121 Å². The van der Waals surface area contributed by atoms with E-state index in [9.17, 15) is 0 Å². The molecule has 0 N–H and O–H groups in total. The zero-order chi connectivity index (χ0) is 33.1. The van der Waals surface area contributed by atoms with Crippen LogP contribution in [0.1, 0.15) is 25.0 Å². The molecule has 0 atom stereocenters. The molecule has 7 aromatic carbocycles. The van der Waals surface area contributed by atoms with Gasteiger partial charge in [0.2, 0.25) is 0 Å². The van der Waals surface area contributed by atoms with Crippen molar-refractivity contribution in [2.24, 2.45) is 0 Å². The summed E-state index contributed by atoms with van der Waals surface area (Å²) in [6.45, 7) is 4.66. The molecule has 0 bridgehead atoms. The Bertz CT molecular complexity index is 2720. The van der Waals surface area contributed by atoms with Crippen molar-refractivity contribution in [1.29, 1.82) is 0 Å². The Balaban J connectivity index is 1.15. The molecule has 50 heavy (non-hydrogen) atoms. The third-order valence-electron chi connectivity index (χ3n) is 10.6. The fraction of sp³-hybridized carbons (Fsp3) is 0.0667. The molecule has 3 aliphatic rings. The van der Waals surface area contributed by atoms with Crippen LogP contribution in [0.15, 0.2) is 150 Å². The third-order valence-corrected chi connectivity index (χ3v) is 10.6. The first kappa shape index (κ1) is 27.5. The van der Waals surface area contributed by atoms with E-state index in [0.29, 0.717) is 0 Å². The van der Waals surface area contributed by atoms with Crippen molar-refractivity contribution in [1.82, 2.24) is 0 Å². The van der Waals surface area contributed by atoms with E-state index in [4.69, 9.17) is 13.9 Å². The average molecular weight is 647 g/mol. The van der Waals surface area contributed by atoms with Crippen LogP contribution in [-0.2, 0) is 5.41 Å². The van der Waals surface area contributed by atoms with Crippen molar-refractivity contribution in [3.8, 4) is 34.1 Å². The molecular weight excluding hydrogens is 617 g/mol. The fourth-order valence-electron chi connectivity index (χ4n) is 8.33. The van der Waals surface area contributed by atoms with Gasteiger partial charge in [-0.1, -0.05) is 86.6 Å². The molecule has 0 amide bonds. The summed E-state index contributed by atoms with van der Waals surface area (Å²) in [4.78, 5) is 4.61. The Morgan fingerprint density at radius 3 is 2.10 bits per heavy atom. The zero-order valence-electron chi connectivity index (χ0n) is 27.5. The SMILES string of the molecule is CC1(C)c2ccccc2-c2ccc(N(c3ccc4c(c3)Oc3cccc5c3N4c3ccccc3O5)c3cccc4oc5ccccc5c34)cc21. The lowest BCUT2D eigenvalue weighted by Crippen LogP contribution is -2.20. The summed E-state index contributed by atoms with van der Waals surface area (Å²) in [6.07, 6.45) is 0. The predicted molar refractivity (Wildman–Crippen MR) is 201 cm³/mol. The van der Waals surface area contributed by atoms with Gasteiger partial charge in [-0.05, 0) is 89.0 Å². The molecule has 0 saturated heterocycles. The number of para-hydroxylation sites is 4. The summed E-state index contributed by atoms with van der Waals surface area (Å²) in [6, 6.07) is 51.0. The van der Waals surface area contributed by atoms with Crippen LogP contribution in [0.2, 0.25) is 0 Å². The van der Waals surface area contributed by atoms with E-state index in [0.717, 1.165) is 79.1 Å². The number of benzene rings is 7. The summed E-state index contributed by atoms with van der Waals surface area (Å²) in [7, 11) is 0. The first-order valence-corrected chi connectivity index (χ1v) is 17.0. The minimum absolute atomic E-state index is 0.147. The largest absolute Gasteiger partial charge is 0.456 e. The van der Waals surface area contributed by atoms with Gasteiger partial charge in [-0.25, -0.2) is 0 Å². The van der Waals surface area contributed by atoms with E-state index < -0.39 is 0 Å². The van der Waals surface area contributed by atoms with Gasteiger partial charge in [-0.2, -0.15) is 0 Å². The Morgan fingerprint density at radius 2 is 1.18 bits per heavy atom. The van der Waals surface area contributed by atoms with Crippen molar-refractivity contribution in [3.05, 3.63) is 157 Å². The van der Waals surface area contributed by atoms with Gasteiger partial charge in [0.25, 0.3) is 0 Å². The molecule has 0 spiro atoms. The predicted octanol–water partition coefficient (Wildman–Crippen LogP) is 13.0. The van der Waals surface area contributed by atoms with Crippen LogP contribution < -0.4 is 19.3 Å². The molecule has 5 heteroatoms. The summed E-state index contributed by atoms with van der Waals surface area (Å²) in [5.41, 5.74) is 12.8. The topological polar surface area (TPSA) is 38.1 Å². The number of hydrogen-bond donors (Lipinski definition) is 0. The van der Waals surface area contributed by atoms with Crippen LogP contribution in [0.25, 0.3) is 33.1 Å². The van der Waals surface area contributed by atoms with Gasteiger partial charge in [0.05, 0.1) is 28.1 Å². The van der Waals surface area contributed by atoms with E-state index in [1.54, 1.807) is 0 Å². The summed E-state index contributed by atoms with van der Waals surface area (Å²) in [5, 5.41) is 2.15. The molecule has 2 aliphatic heterocycles. The Morgan fingerprint density at radius 1 is 0.520 bits per heavy atom. The Labute approximate surface area is 289 Å². The maximum Gasteiger partial charge on any atom is 0.155 e. The van der Waals surface area contributed by atoms with E-state index in [-0.39, 0.29) is 5.41 Å². The Kier molecular flexibility index (Phi) is 5.39. The maximum atomic E-state index is 6.73. The van der Waals surface area contributed by atoms with E-state index in [1.165, 1.54) is 22.3 Å². The third kappa shape index (κ3) is 3.66. The van der Waals surface area contributed by atoms with Crippen LogP contribution in [0, 0.1) is 0 Å². The lowest BCUT2D eigenvalue weighted by atomic mass is 9.82. The molecule has 0 radical (unpaired) electrons. The number of fused-ring (bicyclic) bond motifs is 10. The number of furan rings is 1. The van der Waals surface area contributed by atoms with E-state index >= 15 is 0 Å². The van der Waals surface area contributed by atoms with Gasteiger partial charge in [-0.3, -0.25) is 4.90 Å². The number of anilines is 6. The number of nitrogens with zero attached hydrogens (tertiary/aromatic N) is 2. The summed E-state index contributed by atoms with van der Waals surface area (Å²) >= 11 is 0. The first-order valence-electron chi connectivity index (χ1n) is 17.0. The van der Waals surface area contributed by atoms with Crippen molar-refractivity contribution >= 4 is 56.1 Å². The molecule has 0 fully saturated rings. The highest BCUT2D eigenvalue weighted by Crippen LogP contribution is 2.60. The molecule has 5 nitrogen and oxygen atoms in total. The Hall–Kier alpha value is -6.46. The van der Waals surface area contributed by atoms with Crippen LogP contribution in [0.5, 0.6) is 23.0 Å². The highest BCUT2D eigenvalue weighted by Gasteiger charge is 2.37. The fourth-order valence-corrected chi connectivity index (χ4v) is 8.33. The zero-order valence-corrected chi connectivity index (χ0v) is 27.5. The molecule has 8 aromatic rings. The minimum Gasteiger partial charge on any atom is -0.456 e. The average Bonchev–Trinajstić information content (AvgIpc) is 3.64. The first-order chi connectivity index (χ1) is 24.5. The molecule has 238 valence electrons. The number of hydrogen-bond acceptors (Lipinski definition) is 5. The summed E-state index contributed by atoms with van der Waals surface area (Å²) in [5.74, 6) is 3.12. The van der Waals surface area contributed by atoms with Crippen LogP contribution in [0.4, 0.5) is 34.1 Å². The maximum absolute atomic E-state index is 6.73. The minimum atomic E-state index is -0.147. The lowest BCUT2D eigenvalue weighted by molar-refractivity contribution is 0.446. The van der Waals surface area contributed by atoms with Crippen molar-refractivity contribution in [3.63, 3.8) is 0 Å². The van der Waals surface area contributed by atoms with Gasteiger partial charge in [0.1, 0.15) is 16.9 Å². The van der Waals surface area contributed by atoms with Crippen molar-refractivity contribution < 1.29 is 13.9 Å². The van der Waals surface area contributed by atoms with E-state index in [1.807, 2.05) is 48.5 Å².